The predicted molar refractivity (Wildman–Crippen MR) is 87.1 cm³/mol. The minimum absolute atomic E-state index is 0.151. The van der Waals surface area contributed by atoms with Gasteiger partial charge < -0.3 is 9.88 Å². The van der Waals surface area contributed by atoms with Gasteiger partial charge in [0.15, 0.2) is 0 Å². The van der Waals surface area contributed by atoms with Crippen molar-refractivity contribution < 1.29 is 4.79 Å². The van der Waals surface area contributed by atoms with Gasteiger partial charge in [-0.3, -0.25) is 4.79 Å². The van der Waals surface area contributed by atoms with Gasteiger partial charge in [0.25, 0.3) is 5.91 Å². The van der Waals surface area contributed by atoms with Gasteiger partial charge >= 0.3 is 0 Å². The van der Waals surface area contributed by atoms with Gasteiger partial charge in [-0.2, -0.15) is 0 Å². The minimum Gasteiger partial charge on any atom is -0.342 e. The molecule has 6 heteroatoms. The summed E-state index contributed by atoms with van der Waals surface area (Å²) in [4.78, 5) is 16.6. The van der Waals surface area contributed by atoms with Crippen molar-refractivity contribution >= 4 is 43.6 Å². The SMILES string of the molecule is CCCn1cc(Br)cc1C(=O)Nc1ncc(Br)cc1C. The van der Waals surface area contributed by atoms with Crippen LogP contribution in [0.2, 0.25) is 0 Å². The highest BCUT2D eigenvalue weighted by molar-refractivity contribution is 9.10. The van der Waals surface area contributed by atoms with Gasteiger partial charge in [0.1, 0.15) is 11.5 Å². The number of nitrogens with zero attached hydrogens (tertiary/aromatic N) is 2. The van der Waals surface area contributed by atoms with E-state index in [1.54, 1.807) is 6.20 Å². The Balaban J connectivity index is 2.23. The monoisotopic (exact) mass is 399 g/mol. The summed E-state index contributed by atoms with van der Waals surface area (Å²) in [6.45, 7) is 4.80. The lowest BCUT2D eigenvalue weighted by atomic mass is 10.3. The third kappa shape index (κ3) is 3.49. The van der Waals surface area contributed by atoms with Crippen LogP contribution in [-0.2, 0) is 6.54 Å². The Morgan fingerprint density at radius 2 is 2.10 bits per heavy atom. The van der Waals surface area contributed by atoms with Crippen molar-refractivity contribution in [3.63, 3.8) is 0 Å². The fourth-order valence-electron chi connectivity index (χ4n) is 1.93. The highest BCUT2D eigenvalue weighted by atomic mass is 79.9. The number of nitrogens with one attached hydrogen (secondary N) is 1. The van der Waals surface area contributed by atoms with Crippen LogP contribution in [0.1, 0.15) is 29.4 Å². The molecule has 106 valence electrons. The highest BCUT2D eigenvalue weighted by Gasteiger charge is 2.14. The largest absolute Gasteiger partial charge is 0.342 e. The first-order chi connectivity index (χ1) is 9.51. The zero-order valence-electron chi connectivity index (χ0n) is 11.3. The molecule has 0 aliphatic carbocycles. The molecular formula is C14H15Br2N3O. The van der Waals surface area contributed by atoms with Crippen molar-refractivity contribution in [3.8, 4) is 0 Å². The van der Waals surface area contributed by atoms with Crippen LogP contribution in [0.15, 0.2) is 33.5 Å². The van der Waals surface area contributed by atoms with Crippen LogP contribution in [-0.4, -0.2) is 15.5 Å². The van der Waals surface area contributed by atoms with Crippen molar-refractivity contribution in [1.82, 2.24) is 9.55 Å². The van der Waals surface area contributed by atoms with Crippen LogP contribution >= 0.6 is 31.9 Å². The van der Waals surface area contributed by atoms with E-state index >= 15 is 0 Å². The first-order valence-electron chi connectivity index (χ1n) is 6.30. The molecule has 2 aromatic rings. The van der Waals surface area contributed by atoms with Crippen LogP contribution in [0.3, 0.4) is 0 Å². The quantitative estimate of drug-likeness (QED) is 0.827. The van der Waals surface area contributed by atoms with E-state index in [0.29, 0.717) is 11.5 Å². The first kappa shape index (κ1) is 15.3. The van der Waals surface area contributed by atoms with E-state index in [1.807, 2.05) is 29.8 Å². The average molecular weight is 401 g/mol. The van der Waals surface area contributed by atoms with Gasteiger partial charge in [-0.1, -0.05) is 6.92 Å². The highest BCUT2D eigenvalue weighted by Crippen LogP contribution is 2.20. The number of hydrogen-bond donors (Lipinski definition) is 1. The molecule has 0 atom stereocenters. The fraction of sp³-hybridized carbons (Fsp3) is 0.286. The molecule has 2 aromatic heterocycles. The minimum atomic E-state index is -0.151. The number of anilines is 1. The summed E-state index contributed by atoms with van der Waals surface area (Å²) in [6.07, 6.45) is 4.56. The van der Waals surface area contributed by atoms with Crippen LogP contribution in [0, 0.1) is 6.92 Å². The van der Waals surface area contributed by atoms with Crippen LogP contribution in [0.25, 0.3) is 0 Å². The van der Waals surface area contributed by atoms with Gasteiger partial charge in [-0.05, 0) is 62.9 Å². The molecule has 0 unspecified atom stereocenters. The summed E-state index contributed by atoms with van der Waals surface area (Å²) in [5, 5.41) is 2.85. The number of pyridine rings is 1. The van der Waals surface area contributed by atoms with Crippen molar-refractivity contribution in [1.29, 1.82) is 0 Å². The first-order valence-corrected chi connectivity index (χ1v) is 7.89. The molecule has 2 heterocycles. The van der Waals surface area contributed by atoms with Crippen LogP contribution < -0.4 is 5.32 Å². The van der Waals surface area contributed by atoms with Gasteiger partial charge in [-0.25, -0.2) is 4.98 Å². The molecule has 0 aromatic carbocycles. The number of hydrogen-bond acceptors (Lipinski definition) is 2. The smallest absolute Gasteiger partial charge is 0.273 e. The standard InChI is InChI=1S/C14H15Br2N3O/c1-3-4-19-8-11(16)6-12(19)14(20)18-13-9(2)5-10(15)7-17-13/h5-8H,3-4H2,1-2H3,(H,17,18,20). The second-order valence-corrected chi connectivity index (χ2v) is 6.34. The number of amides is 1. The van der Waals surface area contributed by atoms with Gasteiger partial charge in [0.05, 0.1) is 0 Å². The fourth-order valence-corrected chi connectivity index (χ4v) is 2.84. The summed E-state index contributed by atoms with van der Waals surface area (Å²) in [7, 11) is 0. The average Bonchev–Trinajstić information content (AvgIpc) is 2.74. The van der Waals surface area contributed by atoms with E-state index in [-0.39, 0.29) is 5.91 Å². The maximum Gasteiger partial charge on any atom is 0.273 e. The van der Waals surface area contributed by atoms with Crippen LogP contribution in [0.5, 0.6) is 0 Å². The zero-order valence-corrected chi connectivity index (χ0v) is 14.5. The van der Waals surface area contributed by atoms with Gasteiger partial charge in [0.2, 0.25) is 0 Å². The number of aryl methyl sites for hydroxylation is 2. The third-order valence-electron chi connectivity index (χ3n) is 2.84. The number of rotatable bonds is 4. The molecule has 0 saturated heterocycles. The molecule has 1 N–H and O–H groups in total. The maximum atomic E-state index is 12.4. The summed E-state index contributed by atoms with van der Waals surface area (Å²) < 4.78 is 3.73. The molecule has 2 rings (SSSR count). The Labute approximate surface area is 134 Å². The summed E-state index contributed by atoms with van der Waals surface area (Å²) >= 11 is 6.77. The molecule has 1 amide bonds. The van der Waals surface area contributed by atoms with Crippen molar-refractivity contribution in [2.24, 2.45) is 0 Å². The molecule has 0 aliphatic heterocycles. The molecule has 0 radical (unpaired) electrons. The maximum absolute atomic E-state index is 12.4. The Bertz CT molecular complexity index is 637. The third-order valence-corrected chi connectivity index (χ3v) is 3.70. The Morgan fingerprint density at radius 1 is 1.35 bits per heavy atom. The number of aromatic nitrogens is 2. The number of carbonyl (C=O) groups is 1. The van der Waals surface area contributed by atoms with E-state index in [9.17, 15) is 4.79 Å². The predicted octanol–water partition coefficient (Wildman–Crippen LogP) is 4.38. The van der Waals surface area contributed by atoms with E-state index in [1.165, 1.54) is 0 Å². The molecule has 0 aliphatic rings. The Hall–Kier alpha value is -1.14. The molecule has 4 nitrogen and oxygen atoms in total. The van der Waals surface area contributed by atoms with Crippen molar-refractivity contribution in [2.45, 2.75) is 26.8 Å². The Morgan fingerprint density at radius 3 is 2.75 bits per heavy atom. The lowest BCUT2D eigenvalue weighted by Gasteiger charge is -2.10. The van der Waals surface area contributed by atoms with E-state index in [4.69, 9.17) is 0 Å². The summed E-state index contributed by atoms with van der Waals surface area (Å²) in [5.74, 6) is 0.431. The summed E-state index contributed by atoms with van der Waals surface area (Å²) in [5.41, 5.74) is 1.54. The lowest BCUT2D eigenvalue weighted by molar-refractivity contribution is 0.101. The second kappa shape index (κ2) is 6.54. The molecule has 0 spiro atoms. The normalized spacial score (nSPS) is 10.6. The van der Waals surface area contributed by atoms with Gasteiger partial charge in [0, 0.05) is 27.9 Å². The van der Waals surface area contributed by atoms with E-state index < -0.39 is 0 Å². The molecule has 0 saturated carbocycles. The Kier molecular flexibility index (Phi) is 4.99. The van der Waals surface area contributed by atoms with Crippen molar-refractivity contribution in [3.05, 3.63) is 44.7 Å². The van der Waals surface area contributed by atoms with E-state index in [0.717, 1.165) is 27.5 Å². The van der Waals surface area contributed by atoms with E-state index in [2.05, 4.69) is 49.1 Å². The van der Waals surface area contributed by atoms with Gasteiger partial charge in [-0.15, -0.1) is 0 Å². The number of halogens is 2. The molecule has 0 bridgehead atoms. The lowest BCUT2D eigenvalue weighted by Crippen LogP contribution is -2.18. The molecular weight excluding hydrogens is 386 g/mol. The number of carbonyl (C=O) groups excluding carboxylic acids is 1. The molecule has 0 fully saturated rings. The topological polar surface area (TPSA) is 46.9 Å². The van der Waals surface area contributed by atoms with Crippen molar-refractivity contribution in [2.75, 3.05) is 5.32 Å². The zero-order chi connectivity index (χ0) is 14.7. The van der Waals surface area contributed by atoms with Crippen LogP contribution in [0.4, 0.5) is 5.82 Å². The second-order valence-electron chi connectivity index (χ2n) is 4.51. The molecule has 20 heavy (non-hydrogen) atoms. The summed E-state index contributed by atoms with van der Waals surface area (Å²) in [6, 6.07) is 3.74.